The van der Waals surface area contributed by atoms with Crippen LogP contribution in [0.25, 0.3) is 0 Å². The number of fused-ring (bicyclic) bond motifs is 1. The first-order valence-corrected chi connectivity index (χ1v) is 6.80. The van der Waals surface area contributed by atoms with Crippen molar-refractivity contribution in [3.63, 3.8) is 0 Å². The maximum atomic E-state index is 10.00. The molecular weight excluding hydrogens is 186 g/mol. The van der Waals surface area contributed by atoms with Gasteiger partial charge in [-0.2, -0.15) is 0 Å². The maximum Gasteiger partial charge on any atom is 0.0695 e. The average molecular weight is 209 g/mol. The highest BCUT2D eigenvalue weighted by Crippen LogP contribution is 2.40. The Bertz CT molecular complexity index is 231. The molecule has 0 amide bonds. The number of likely N-dealkylation sites (tertiary alicyclic amines) is 1. The summed E-state index contributed by atoms with van der Waals surface area (Å²) in [6, 6.07) is 1.34. The van der Waals surface area contributed by atoms with Crippen molar-refractivity contribution < 1.29 is 5.11 Å². The Hall–Kier alpha value is -0.0800. The van der Waals surface area contributed by atoms with Gasteiger partial charge in [-0.3, -0.25) is 4.90 Å². The van der Waals surface area contributed by atoms with E-state index in [0.717, 1.165) is 18.4 Å². The van der Waals surface area contributed by atoms with Crippen molar-refractivity contribution in [2.24, 2.45) is 5.92 Å². The van der Waals surface area contributed by atoms with Gasteiger partial charge < -0.3 is 5.11 Å². The lowest BCUT2D eigenvalue weighted by molar-refractivity contribution is 0.0480. The molecule has 4 atom stereocenters. The largest absolute Gasteiger partial charge is 0.391 e. The minimum Gasteiger partial charge on any atom is -0.391 e. The molecule has 0 aromatic rings. The average Bonchev–Trinajstić information content (AvgIpc) is 2.83. The Labute approximate surface area is 92.7 Å². The van der Waals surface area contributed by atoms with E-state index in [-0.39, 0.29) is 6.10 Å². The third kappa shape index (κ3) is 1.72. The fraction of sp³-hybridized carbons (Fsp3) is 1.00. The molecular formula is C13H23NO. The van der Waals surface area contributed by atoms with Gasteiger partial charge in [0.25, 0.3) is 0 Å². The van der Waals surface area contributed by atoms with Crippen LogP contribution in [0.5, 0.6) is 0 Å². The summed E-state index contributed by atoms with van der Waals surface area (Å²) in [7, 11) is 0. The molecule has 15 heavy (non-hydrogen) atoms. The van der Waals surface area contributed by atoms with Gasteiger partial charge in [0.05, 0.1) is 6.10 Å². The lowest BCUT2D eigenvalue weighted by Crippen LogP contribution is -2.45. The van der Waals surface area contributed by atoms with Gasteiger partial charge in [0.1, 0.15) is 0 Å². The van der Waals surface area contributed by atoms with Crippen LogP contribution in [0.1, 0.15) is 51.4 Å². The van der Waals surface area contributed by atoms with Crippen LogP contribution in [0.2, 0.25) is 0 Å². The van der Waals surface area contributed by atoms with Crippen LogP contribution < -0.4 is 0 Å². The lowest BCUT2D eigenvalue weighted by atomic mass is 9.85. The van der Waals surface area contributed by atoms with Crippen molar-refractivity contribution >= 4 is 0 Å². The normalized spacial score (nSPS) is 47.0. The molecule has 3 aliphatic rings. The zero-order valence-electron chi connectivity index (χ0n) is 9.57. The van der Waals surface area contributed by atoms with E-state index in [1.807, 2.05) is 0 Å². The summed E-state index contributed by atoms with van der Waals surface area (Å²) in [6.07, 6.45) is 10.6. The van der Waals surface area contributed by atoms with Crippen LogP contribution in [0.4, 0.5) is 0 Å². The molecule has 1 aliphatic heterocycles. The first-order valence-electron chi connectivity index (χ1n) is 6.80. The highest BCUT2D eigenvalue weighted by Gasteiger charge is 2.42. The lowest BCUT2D eigenvalue weighted by Gasteiger charge is -2.36. The van der Waals surface area contributed by atoms with E-state index in [9.17, 15) is 5.11 Å². The molecule has 2 saturated carbocycles. The second-order valence-corrected chi connectivity index (χ2v) is 5.70. The molecule has 1 N–H and O–H groups in total. The Morgan fingerprint density at radius 2 is 1.60 bits per heavy atom. The standard InChI is InChI=1S/C13H23NO/c15-13-7-3-6-12(13)14-9-8-10-4-1-2-5-11(10)14/h10-13,15H,1-9H2/t10?,11?,12-,13-/m1/s1. The van der Waals surface area contributed by atoms with Gasteiger partial charge in [0, 0.05) is 12.1 Å². The van der Waals surface area contributed by atoms with Crippen LogP contribution in [0.15, 0.2) is 0 Å². The van der Waals surface area contributed by atoms with Crippen molar-refractivity contribution in [2.75, 3.05) is 6.54 Å². The summed E-state index contributed by atoms with van der Waals surface area (Å²) in [5, 5.41) is 10.00. The molecule has 0 aromatic heterocycles. The van der Waals surface area contributed by atoms with Crippen LogP contribution in [0, 0.1) is 5.92 Å². The molecule has 86 valence electrons. The summed E-state index contributed by atoms with van der Waals surface area (Å²) in [5.74, 6) is 0.964. The molecule has 3 fully saturated rings. The minimum absolute atomic E-state index is 0.0225. The number of rotatable bonds is 1. The molecule has 0 spiro atoms. The van der Waals surface area contributed by atoms with Gasteiger partial charge in [-0.25, -0.2) is 0 Å². The zero-order valence-corrected chi connectivity index (χ0v) is 9.57. The summed E-state index contributed by atoms with van der Waals surface area (Å²) in [6.45, 7) is 1.26. The van der Waals surface area contributed by atoms with Gasteiger partial charge in [-0.15, -0.1) is 0 Å². The Balaban J connectivity index is 1.70. The van der Waals surface area contributed by atoms with Gasteiger partial charge in [0.15, 0.2) is 0 Å². The van der Waals surface area contributed by atoms with Gasteiger partial charge in [0.2, 0.25) is 0 Å². The Morgan fingerprint density at radius 1 is 0.800 bits per heavy atom. The Morgan fingerprint density at radius 3 is 2.40 bits per heavy atom. The molecule has 0 radical (unpaired) electrons. The summed E-state index contributed by atoms with van der Waals surface area (Å²) in [4.78, 5) is 2.67. The Kier molecular flexibility index (Phi) is 2.73. The molecule has 1 heterocycles. The van der Waals surface area contributed by atoms with Crippen molar-refractivity contribution in [2.45, 2.75) is 69.6 Å². The molecule has 2 heteroatoms. The molecule has 2 nitrogen and oxygen atoms in total. The predicted octanol–water partition coefficient (Wildman–Crippen LogP) is 2.16. The molecule has 0 aromatic carbocycles. The smallest absolute Gasteiger partial charge is 0.0695 e. The number of nitrogens with zero attached hydrogens (tertiary/aromatic N) is 1. The fourth-order valence-electron chi connectivity index (χ4n) is 4.16. The molecule has 3 rings (SSSR count). The predicted molar refractivity (Wildman–Crippen MR) is 60.7 cm³/mol. The van der Waals surface area contributed by atoms with Gasteiger partial charge >= 0.3 is 0 Å². The highest BCUT2D eigenvalue weighted by molar-refractivity contribution is 4.96. The number of aliphatic hydroxyl groups excluding tert-OH is 1. The fourth-order valence-corrected chi connectivity index (χ4v) is 4.16. The van der Waals surface area contributed by atoms with Crippen LogP contribution in [0.3, 0.4) is 0 Å². The second-order valence-electron chi connectivity index (χ2n) is 5.70. The summed E-state index contributed by atoms with van der Waals surface area (Å²) >= 11 is 0. The van der Waals surface area contributed by atoms with Crippen LogP contribution in [-0.2, 0) is 0 Å². The topological polar surface area (TPSA) is 23.5 Å². The highest BCUT2D eigenvalue weighted by atomic mass is 16.3. The maximum absolute atomic E-state index is 10.00. The summed E-state index contributed by atoms with van der Waals surface area (Å²) < 4.78 is 0. The second kappa shape index (κ2) is 4.06. The van der Waals surface area contributed by atoms with Crippen molar-refractivity contribution in [1.82, 2.24) is 4.90 Å². The third-order valence-corrected chi connectivity index (χ3v) is 4.92. The molecule has 2 aliphatic carbocycles. The van der Waals surface area contributed by atoms with E-state index in [0.29, 0.717) is 6.04 Å². The van der Waals surface area contributed by atoms with Crippen LogP contribution in [-0.4, -0.2) is 34.7 Å². The van der Waals surface area contributed by atoms with Crippen molar-refractivity contribution in [1.29, 1.82) is 0 Å². The monoisotopic (exact) mass is 209 g/mol. The zero-order chi connectivity index (χ0) is 10.3. The van der Waals surface area contributed by atoms with Crippen molar-refractivity contribution in [3.8, 4) is 0 Å². The van der Waals surface area contributed by atoms with E-state index in [2.05, 4.69) is 4.90 Å². The van der Waals surface area contributed by atoms with Crippen LogP contribution >= 0.6 is 0 Å². The quantitative estimate of drug-likeness (QED) is 0.715. The SMILES string of the molecule is O[C@@H]1CCC[C@H]1N1CCC2CCCCC21. The summed E-state index contributed by atoms with van der Waals surface area (Å²) in [5.41, 5.74) is 0. The molecule has 0 bridgehead atoms. The van der Waals surface area contributed by atoms with E-state index in [4.69, 9.17) is 0 Å². The minimum atomic E-state index is -0.0225. The number of hydrogen-bond donors (Lipinski definition) is 1. The number of hydrogen-bond acceptors (Lipinski definition) is 2. The van der Waals surface area contributed by atoms with E-state index in [1.165, 1.54) is 51.5 Å². The van der Waals surface area contributed by atoms with Gasteiger partial charge in [-0.1, -0.05) is 12.8 Å². The molecule has 1 saturated heterocycles. The van der Waals surface area contributed by atoms with Crippen molar-refractivity contribution in [3.05, 3.63) is 0 Å². The van der Waals surface area contributed by atoms with E-state index >= 15 is 0 Å². The van der Waals surface area contributed by atoms with Gasteiger partial charge in [-0.05, 0) is 51.0 Å². The molecule has 2 unspecified atom stereocenters. The first-order chi connectivity index (χ1) is 7.36. The first kappa shape index (κ1) is 10.1. The third-order valence-electron chi connectivity index (χ3n) is 4.92. The van der Waals surface area contributed by atoms with E-state index in [1.54, 1.807) is 0 Å². The number of aliphatic hydroxyl groups is 1. The van der Waals surface area contributed by atoms with E-state index < -0.39 is 0 Å².